The lowest BCUT2D eigenvalue weighted by Gasteiger charge is -2.33. The van der Waals surface area contributed by atoms with Gasteiger partial charge in [-0.15, -0.1) is 0 Å². The van der Waals surface area contributed by atoms with Crippen LogP contribution in [0.2, 0.25) is 0 Å². The Morgan fingerprint density at radius 2 is 1.88 bits per heavy atom. The van der Waals surface area contributed by atoms with Gasteiger partial charge in [0.1, 0.15) is 11.8 Å². The van der Waals surface area contributed by atoms with Gasteiger partial charge >= 0.3 is 11.9 Å². The standard InChI is InChI=1S/C23H24BrN3O5/c1-4-5-6-11-26-16-8-7-14(21(28)30-2)12-17(16)27-20(18-9-10-19(24)32-18)15(22(29)31-3)13-25-23(26)27/h7-10,12-13,20H,4-6,11H2,1-3H3. The Bertz CT molecular complexity index is 1110. The molecule has 9 heteroatoms. The highest BCUT2D eigenvalue weighted by Gasteiger charge is 2.44. The first kappa shape index (κ1) is 22.1. The van der Waals surface area contributed by atoms with Crippen molar-refractivity contribution in [1.82, 2.24) is 0 Å². The third kappa shape index (κ3) is 3.81. The fraction of sp³-hybridized carbons (Fsp3) is 0.348. The number of hydrogen-bond donors (Lipinski definition) is 0. The van der Waals surface area contributed by atoms with Crippen LogP contribution in [-0.4, -0.2) is 38.7 Å². The van der Waals surface area contributed by atoms with Crippen molar-refractivity contribution < 1.29 is 23.5 Å². The number of methoxy groups -OCH3 is 2. The second-order valence-corrected chi connectivity index (χ2v) is 8.25. The van der Waals surface area contributed by atoms with E-state index in [0.29, 0.717) is 27.5 Å². The van der Waals surface area contributed by atoms with E-state index in [1.165, 1.54) is 14.2 Å². The number of esters is 2. The van der Waals surface area contributed by atoms with Crippen molar-refractivity contribution in [2.24, 2.45) is 4.99 Å². The summed E-state index contributed by atoms with van der Waals surface area (Å²) in [5.74, 6) is 0.281. The summed E-state index contributed by atoms with van der Waals surface area (Å²) in [7, 11) is 2.68. The van der Waals surface area contributed by atoms with Crippen LogP contribution in [-0.2, 0) is 14.3 Å². The maximum atomic E-state index is 12.6. The molecule has 0 fully saturated rings. The number of benzene rings is 1. The van der Waals surface area contributed by atoms with Crippen LogP contribution in [0.1, 0.15) is 48.3 Å². The number of guanidine groups is 1. The lowest BCUT2D eigenvalue weighted by molar-refractivity contribution is -0.136. The molecule has 0 bridgehead atoms. The zero-order valence-corrected chi connectivity index (χ0v) is 19.7. The van der Waals surface area contributed by atoms with Crippen LogP contribution in [0.3, 0.4) is 0 Å². The van der Waals surface area contributed by atoms with Gasteiger partial charge in [0.05, 0.1) is 36.7 Å². The van der Waals surface area contributed by atoms with Gasteiger partial charge in [0.2, 0.25) is 5.96 Å². The van der Waals surface area contributed by atoms with Crippen molar-refractivity contribution in [3.8, 4) is 0 Å². The van der Waals surface area contributed by atoms with Crippen LogP contribution in [0.5, 0.6) is 0 Å². The minimum Gasteiger partial charge on any atom is -0.466 e. The number of rotatable bonds is 7. The molecule has 0 amide bonds. The predicted molar refractivity (Wildman–Crippen MR) is 124 cm³/mol. The molecule has 0 saturated heterocycles. The molecule has 0 radical (unpaired) electrons. The van der Waals surface area contributed by atoms with Crippen LogP contribution >= 0.6 is 15.9 Å². The number of unbranched alkanes of at least 4 members (excludes halogenated alkanes) is 2. The smallest absolute Gasteiger partial charge is 0.337 e. The lowest BCUT2D eigenvalue weighted by Crippen LogP contribution is -2.44. The second kappa shape index (κ2) is 9.20. The maximum absolute atomic E-state index is 12.6. The van der Waals surface area contributed by atoms with E-state index < -0.39 is 18.0 Å². The second-order valence-electron chi connectivity index (χ2n) is 7.47. The fourth-order valence-corrected chi connectivity index (χ4v) is 4.36. The number of fused-ring (bicyclic) bond motifs is 3. The molecule has 4 rings (SSSR count). The first-order chi connectivity index (χ1) is 15.5. The summed E-state index contributed by atoms with van der Waals surface area (Å²) in [4.78, 5) is 33.6. The number of nitrogens with zero attached hydrogens (tertiary/aromatic N) is 3. The van der Waals surface area contributed by atoms with Gasteiger partial charge < -0.3 is 18.8 Å². The minimum absolute atomic E-state index is 0.336. The quantitative estimate of drug-likeness (QED) is 0.397. The Balaban J connectivity index is 1.87. The number of anilines is 2. The molecule has 3 heterocycles. The number of ether oxygens (including phenoxy) is 2. The van der Waals surface area contributed by atoms with E-state index in [1.54, 1.807) is 30.5 Å². The third-order valence-corrected chi connectivity index (χ3v) is 5.97. The van der Waals surface area contributed by atoms with E-state index in [1.807, 2.05) is 11.0 Å². The Morgan fingerprint density at radius 3 is 2.53 bits per heavy atom. The van der Waals surface area contributed by atoms with Crippen molar-refractivity contribution in [3.05, 3.63) is 58.1 Å². The molecule has 1 unspecified atom stereocenters. The van der Waals surface area contributed by atoms with E-state index in [4.69, 9.17) is 13.9 Å². The summed E-state index contributed by atoms with van der Waals surface area (Å²) in [6.07, 6.45) is 4.69. The number of aliphatic imine (C=N–C) groups is 1. The molecule has 32 heavy (non-hydrogen) atoms. The van der Waals surface area contributed by atoms with Gasteiger partial charge in [-0.25, -0.2) is 14.6 Å². The van der Waals surface area contributed by atoms with Crippen LogP contribution < -0.4 is 9.80 Å². The maximum Gasteiger partial charge on any atom is 0.337 e. The Labute approximate surface area is 194 Å². The summed E-state index contributed by atoms with van der Waals surface area (Å²) < 4.78 is 16.4. The van der Waals surface area contributed by atoms with Gasteiger partial charge in [-0.3, -0.25) is 4.90 Å². The van der Waals surface area contributed by atoms with E-state index in [0.717, 1.165) is 37.2 Å². The molecule has 0 spiro atoms. The average Bonchev–Trinajstić information content (AvgIpc) is 3.38. The first-order valence-corrected chi connectivity index (χ1v) is 11.2. The highest BCUT2D eigenvalue weighted by atomic mass is 79.9. The van der Waals surface area contributed by atoms with Gasteiger partial charge in [-0.1, -0.05) is 19.8 Å². The summed E-state index contributed by atoms with van der Waals surface area (Å²) in [5, 5.41) is 0. The predicted octanol–water partition coefficient (Wildman–Crippen LogP) is 4.81. The number of hydrogen-bond acceptors (Lipinski definition) is 8. The van der Waals surface area contributed by atoms with Crippen molar-refractivity contribution in [1.29, 1.82) is 0 Å². The van der Waals surface area contributed by atoms with Crippen molar-refractivity contribution in [2.75, 3.05) is 30.6 Å². The van der Waals surface area contributed by atoms with Gasteiger partial charge in [-0.2, -0.15) is 0 Å². The molecule has 0 saturated carbocycles. The molecule has 1 atom stereocenters. The Kier molecular flexibility index (Phi) is 6.36. The molecule has 2 aliphatic heterocycles. The Hall–Kier alpha value is -3.07. The molecule has 0 N–H and O–H groups in total. The van der Waals surface area contributed by atoms with Gasteiger partial charge in [-0.05, 0) is 52.7 Å². The van der Waals surface area contributed by atoms with Crippen LogP contribution in [0.4, 0.5) is 11.4 Å². The van der Waals surface area contributed by atoms with Gasteiger partial charge in [0.25, 0.3) is 0 Å². The molecule has 2 aromatic rings. The number of carbonyl (C=O) groups excluding carboxylic acids is 2. The largest absolute Gasteiger partial charge is 0.466 e. The zero-order valence-electron chi connectivity index (χ0n) is 18.1. The molecule has 0 aliphatic carbocycles. The third-order valence-electron chi connectivity index (χ3n) is 5.55. The average molecular weight is 502 g/mol. The van der Waals surface area contributed by atoms with Crippen LogP contribution in [0.25, 0.3) is 0 Å². The van der Waals surface area contributed by atoms with E-state index in [-0.39, 0.29) is 0 Å². The van der Waals surface area contributed by atoms with Crippen molar-refractivity contribution in [2.45, 2.75) is 32.2 Å². The summed E-state index contributed by atoms with van der Waals surface area (Å²) >= 11 is 3.35. The van der Waals surface area contributed by atoms with Gasteiger partial charge in [0.15, 0.2) is 4.67 Å². The summed E-state index contributed by atoms with van der Waals surface area (Å²) in [6, 6.07) is 8.37. The normalized spacial score (nSPS) is 16.8. The van der Waals surface area contributed by atoms with E-state index in [2.05, 4.69) is 32.7 Å². The number of carbonyl (C=O) groups is 2. The number of halogens is 1. The minimum atomic E-state index is -0.607. The van der Waals surface area contributed by atoms with Crippen LogP contribution in [0.15, 0.2) is 56.2 Å². The lowest BCUT2D eigenvalue weighted by atomic mass is 10.0. The fourth-order valence-electron chi connectivity index (χ4n) is 4.04. The topological polar surface area (TPSA) is 84.6 Å². The molecule has 168 valence electrons. The van der Waals surface area contributed by atoms with E-state index >= 15 is 0 Å². The molecule has 1 aromatic heterocycles. The zero-order chi connectivity index (χ0) is 22.8. The van der Waals surface area contributed by atoms with Crippen molar-refractivity contribution in [3.63, 3.8) is 0 Å². The van der Waals surface area contributed by atoms with Crippen molar-refractivity contribution >= 4 is 45.2 Å². The molecular weight excluding hydrogens is 478 g/mol. The highest BCUT2D eigenvalue weighted by molar-refractivity contribution is 9.10. The summed E-state index contributed by atoms with van der Waals surface area (Å²) in [5.41, 5.74) is 2.40. The molecular formula is C23H24BrN3O5. The van der Waals surface area contributed by atoms with E-state index in [9.17, 15) is 9.59 Å². The molecule has 1 aromatic carbocycles. The first-order valence-electron chi connectivity index (χ1n) is 10.4. The number of furan rings is 1. The SMILES string of the molecule is CCCCCN1C2=NC=C(C(=O)OC)C(c3ccc(Br)o3)N2c2cc(C(=O)OC)ccc21. The monoisotopic (exact) mass is 501 g/mol. The molecule has 2 aliphatic rings. The summed E-state index contributed by atoms with van der Waals surface area (Å²) in [6.45, 7) is 2.91. The van der Waals surface area contributed by atoms with Gasteiger partial charge in [0, 0.05) is 12.7 Å². The Morgan fingerprint density at radius 1 is 1.09 bits per heavy atom. The molecule has 8 nitrogen and oxygen atoms in total. The van der Waals surface area contributed by atoms with Crippen LogP contribution in [0, 0.1) is 0 Å². The highest BCUT2D eigenvalue weighted by Crippen LogP contribution is 2.47.